The highest BCUT2D eigenvalue weighted by atomic mass is 127. The highest BCUT2D eigenvalue weighted by molar-refractivity contribution is 14.1. The van der Waals surface area contributed by atoms with Gasteiger partial charge in [0.25, 0.3) is 15.9 Å². The number of aromatic amines is 1. The highest BCUT2D eigenvalue weighted by Crippen LogP contribution is 2.29. The molecule has 3 N–H and O–H groups in total. The van der Waals surface area contributed by atoms with E-state index in [2.05, 4.69) is 25.2 Å². The summed E-state index contributed by atoms with van der Waals surface area (Å²) in [5.74, 6) is -0.793. The Balaban J connectivity index is 1.46. The van der Waals surface area contributed by atoms with Crippen LogP contribution in [0.1, 0.15) is 5.56 Å². The molecule has 0 radical (unpaired) electrons. The van der Waals surface area contributed by atoms with Crippen molar-refractivity contribution in [2.24, 2.45) is 4.99 Å². The SMILES string of the molecule is O=C(NCCc1ccc2cn[nH]c2c1)C1=Nc2ccc(I)cc2S(=O)(=O)N1. The van der Waals surface area contributed by atoms with Crippen LogP contribution in [0.15, 0.2) is 52.5 Å². The number of aromatic nitrogens is 2. The molecular weight excluding hydrogens is 481 g/mol. The fourth-order valence-corrected chi connectivity index (χ4v) is 4.64. The Morgan fingerprint density at radius 1 is 1.19 bits per heavy atom. The molecule has 8 nitrogen and oxygen atoms in total. The Morgan fingerprint density at radius 3 is 2.89 bits per heavy atom. The second-order valence-electron chi connectivity index (χ2n) is 5.98. The van der Waals surface area contributed by atoms with Crippen molar-refractivity contribution in [3.8, 4) is 0 Å². The summed E-state index contributed by atoms with van der Waals surface area (Å²) in [4.78, 5) is 16.5. The van der Waals surface area contributed by atoms with Crippen molar-refractivity contribution >= 4 is 60.9 Å². The first-order chi connectivity index (χ1) is 12.9. The maximum Gasteiger partial charge on any atom is 0.287 e. The molecule has 0 aliphatic carbocycles. The van der Waals surface area contributed by atoms with E-state index in [0.717, 1.165) is 20.0 Å². The van der Waals surface area contributed by atoms with Crippen molar-refractivity contribution < 1.29 is 13.2 Å². The molecule has 1 aliphatic heterocycles. The number of nitrogens with zero attached hydrogens (tertiary/aromatic N) is 2. The molecule has 10 heteroatoms. The maximum atomic E-state index is 12.3. The van der Waals surface area contributed by atoms with Gasteiger partial charge in [-0.15, -0.1) is 0 Å². The minimum absolute atomic E-state index is 0.0683. The smallest absolute Gasteiger partial charge is 0.287 e. The lowest BCUT2D eigenvalue weighted by Crippen LogP contribution is -2.44. The van der Waals surface area contributed by atoms with E-state index in [1.807, 2.05) is 40.8 Å². The largest absolute Gasteiger partial charge is 0.349 e. The number of fused-ring (bicyclic) bond motifs is 2. The molecule has 1 amide bonds. The van der Waals surface area contributed by atoms with Crippen LogP contribution in [0.3, 0.4) is 0 Å². The molecule has 0 fully saturated rings. The van der Waals surface area contributed by atoms with E-state index >= 15 is 0 Å². The van der Waals surface area contributed by atoms with Gasteiger partial charge in [0, 0.05) is 15.5 Å². The molecule has 2 aromatic carbocycles. The van der Waals surface area contributed by atoms with E-state index in [1.54, 1.807) is 18.3 Å². The molecule has 0 unspecified atom stereocenters. The van der Waals surface area contributed by atoms with Crippen LogP contribution >= 0.6 is 22.6 Å². The third kappa shape index (κ3) is 3.67. The first-order valence-electron chi connectivity index (χ1n) is 8.04. The lowest BCUT2D eigenvalue weighted by molar-refractivity contribution is -0.114. The van der Waals surface area contributed by atoms with Crippen LogP contribution < -0.4 is 10.0 Å². The van der Waals surface area contributed by atoms with Crippen LogP contribution in [0.2, 0.25) is 0 Å². The topological polar surface area (TPSA) is 116 Å². The van der Waals surface area contributed by atoms with Crippen LogP contribution in [-0.2, 0) is 21.2 Å². The summed E-state index contributed by atoms with van der Waals surface area (Å²) < 4.78 is 27.7. The molecule has 2 heterocycles. The summed E-state index contributed by atoms with van der Waals surface area (Å²) in [7, 11) is -3.81. The van der Waals surface area contributed by atoms with Crippen molar-refractivity contribution in [2.75, 3.05) is 6.54 Å². The zero-order valence-corrected chi connectivity index (χ0v) is 16.8. The second kappa shape index (κ2) is 6.93. The second-order valence-corrected chi connectivity index (χ2v) is 8.87. The van der Waals surface area contributed by atoms with Crippen LogP contribution in [0, 0.1) is 3.57 Å². The van der Waals surface area contributed by atoms with E-state index in [0.29, 0.717) is 13.0 Å². The van der Waals surface area contributed by atoms with Gasteiger partial charge in [-0.1, -0.05) is 12.1 Å². The quantitative estimate of drug-likeness (QED) is 0.479. The fraction of sp³-hybridized carbons (Fsp3) is 0.118. The number of benzene rings is 2. The number of aliphatic imine (C=N–C) groups is 1. The van der Waals surface area contributed by atoms with Crippen molar-refractivity contribution in [3.63, 3.8) is 0 Å². The first-order valence-corrected chi connectivity index (χ1v) is 10.6. The van der Waals surface area contributed by atoms with Gasteiger partial charge in [0.1, 0.15) is 4.90 Å². The van der Waals surface area contributed by atoms with Crippen LogP contribution in [0.4, 0.5) is 5.69 Å². The molecule has 1 aromatic heterocycles. The maximum absolute atomic E-state index is 12.3. The van der Waals surface area contributed by atoms with Gasteiger partial charge in [-0.05, 0) is 58.8 Å². The van der Waals surface area contributed by atoms with Gasteiger partial charge in [-0.3, -0.25) is 14.6 Å². The summed E-state index contributed by atoms with van der Waals surface area (Å²) in [6, 6.07) is 10.7. The molecule has 4 rings (SSSR count). The number of hydrogen-bond acceptors (Lipinski definition) is 5. The number of rotatable bonds is 4. The summed E-state index contributed by atoms with van der Waals surface area (Å²) in [6.07, 6.45) is 2.34. The predicted octanol–water partition coefficient (Wildman–Crippen LogP) is 1.85. The van der Waals surface area contributed by atoms with Gasteiger partial charge in [0.15, 0.2) is 0 Å². The summed E-state index contributed by atoms with van der Waals surface area (Å²) in [6.45, 7) is 0.346. The normalized spacial score (nSPS) is 14.9. The number of amidine groups is 1. The highest BCUT2D eigenvalue weighted by Gasteiger charge is 2.28. The standard InChI is InChI=1S/C17H14IN5O3S/c18-12-3-4-13-15(8-12)27(25,26)23-16(21-13)17(24)19-6-5-10-1-2-11-9-20-22-14(11)7-10/h1-4,7-9H,5-6H2,(H,19,24)(H,20,22)(H,21,23). The number of H-pyrrole nitrogens is 1. The van der Waals surface area contributed by atoms with Gasteiger partial charge in [0.05, 0.1) is 17.4 Å². The minimum atomic E-state index is -3.81. The van der Waals surface area contributed by atoms with E-state index in [4.69, 9.17) is 0 Å². The molecule has 0 atom stereocenters. The number of nitrogens with one attached hydrogen (secondary N) is 3. The minimum Gasteiger partial charge on any atom is -0.349 e. The average Bonchev–Trinajstić information content (AvgIpc) is 3.09. The molecule has 3 aromatic rings. The molecule has 1 aliphatic rings. The Kier molecular flexibility index (Phi) is 4.60. The Morgan fingerprint density at radius 2 is 2.04 bits per heavy atom. The van der Waals surface area contributed by atoms with Gasteiger partial charge in [0.2, 0.25) is 5.84 Å². The lowest BCUT2D eigenvalue weighted by atomic mass is 10.1. The zero-order valence-electron chi connectivity index (χ0n) is 13.9. The number of carbonyl (C=O) groups excluding carboxylic acids is 1. The molecule has 0 bridgehead atoms. The van der Waals surface area contributed by atoms with Gasteiger partial charge < -0.3 is 5.32 Å². The molecular formula is C17H14IN5O3S. The van der Waals surface area contributed by atoms with Crippen molar-refractivity contribution in [2.45, 2.75) is 11.3 Å². The summed E-state index contributed by atoms with van der Waals surface area (Å²) >= 11 is 2.02. The molecule has 0 saturated heterocycles. The van der Waals surface area contributed by atoms with Crippen LogP contribution in [0.25, 0.3) is 10.9 Å². The third-order valence-electron chi connectivity index (χ3n) is 4.10. The van der Waals surface area contributed by atoms with E-state index in [1.165, 1.54) is 6.07 Å². The van der Waals surface area contributed by atoms with E-state index in [-0.39, 0.29) is 16.4 Å². The molecule has 0 spiro atoms. The van der Waals surface area contributed by atoms with Gasteiger partial charge in [-0.25, -0.2) is 13.4 Å². The zero-order chi connectivity index (χ0) is 19.0. The van der Waals surface area contributed by atoms with E-state index < -0.39 is 15.9 Å². The van der Waals surface area contributed by atoms with E-state index in [9.17, 15) is 13.2 Å². The fourth-order valence-electron chi connectivity index (χ4n) is 2.76. The Hall–Kier alpha value is -2.47. The lowest BCUT2D eigenvalue weighted by Gasteiger charge is -2.17. The summed E-state index contributed by atoms with van der Waals surface area (Å²) in [5, 5.41) is 10.6. The van der Waals surface area contributed by atoms with Gasteiger partial charge >= 0.3 is 0 Å². The van der Waals surface area contributed by atoms with Gasteiger partial charge in [-0.2, -0.15) is 5.10 Å². The molecule has 138 valence electrons. The number of sulfonamides is 1. The number of hydrogen-bond donors (Lipinski definition) is 3. The Bertz CT molecular complexity index is 1190. The number of halogens is 1. The van der Waals surface area contributed by atoms with Crippen LogP contribution in [0.5, 0.6) is 0 Å². The molecule has 27 heavy (non-hydrogen) atoms. The average molecular weight is 495 g/mol. The number of amides is 1. The Labute approximate surface area is 168 Å². The number of carbonyl (C=O) groups is 1. The molecule has 0 saturated carbocycles. The van der Waals surface area contributed by atoms with Crippen molar-refractivity contribution in [1.82, 2.24) is 20.2 Å². The van der Waals surface area contributed by atoms with Crippen LogP contribution in [-0.4, -0.2) is 36.9 Å². The summed E-state index contributed by atoms with van der Waals surface area (Å²) in [5.41, 5.74) is 2.21. The predicted molar refractivity (Wildman–Crippen MR) is 109 cm³/mol. The third-order valence-corrected chi connectivity index (χ3v) is 6.13. The van der Waals surface area contributed by atoms with Crippen molar-refractivity contribution in [3.05, 3.63) is 51.7 Å². The van der Waals surface area contributed by atoms with Crippen molar-refractivity contribution in [1.29, 1.82) is 0 Å². The monoisotopic (exact) mass is 495 g/mol. The first kappa shape index (κ1) is 17.9.